The Balaban J connectivity index is 2.34. The summed E-state index contributed by atoms with van der Waals surface area (Å²) in [5.41, 5.74) is 0. The highest BCUT2D eigenvalue weighted by molar-refractivity contribution is 9.22. The molecule has 2 N–H and O–H groups in total. The maximum absolute atomic E-state index is 11.0. The first-order valence-corrected chi connectivity index (χ1v) is 6.85. The van der Waals surface area contributed by atoms with Crippen molar-refractivity contribution in [2.24, 2.45) is 5.92 Å². The minimum absolute atomic E-state index is 0.255. The Bertz CT molecular complexity index is 300. The molecule has 1 fully saturated rings. The Labute approximate surface area is 108 Å². The van der Waals surface area contributed by atoms with Crippen molar-refractivity contribution in [3.05, 3.63) is 0 Å². The number of carbonyl (C=O) groups is 1. The lowest BCUT2D eigenvalue weighted by Gasteiger charge is -2.32. The standard InChI is InChI=1S/C10H16BrN3OS/c1-7(15)6-8-2-4-14(5-3-8)10(13)16-9(11)12/h8,12-13H,2-6H2,1H3. The number of hydrogen-bond acceptors (Lipinski definition) is 4. The smallest absolute Gasteiger partial charge is 0.163 e. The molecule has 0 saturated carbocycles. The molecule has 0 amide bonds. The number of carbonyl (C=O) groups excluding carboxylic acids is 1. The summed E-state index contributed by atoms with van der Waals surface area (Å²) in [6.45, 7) is 3.28. The van der Waals surface area contributed by atoms with Crippen LogP contribution >= 0.6 is 27.7 Å². The third kappa shape index (κ3) is 4.65. The first-order valence-electron chi connectivity index (χ1n) is 5.24. The Morgan fingerprint density at radius 3 is 2.44 bits per heavy atom. The normalized spacial score (nSPS) is 17.2. The van der Waals surface area contributed by atoms with Gasteiger partial charge in [0.1, 0.15) is 9.74 Å². The SMILES string of the molecule is CC(=O)CC1CCN(C(=N)SC(=N)Br)CC1. The summed E-state index contributed by atoms with van der Waals surface area (Å²) in [7, 11) is 0. The Kier molecular flexibility index (Phi) is 5.48. The maximum atomic E-state index is 11.0. The molecule has 1 rings (SSSR count). The number of rotatable bonds is 2. The van der Waals surface area contributed by atoms with Crippen LogP contribution in [0.4, 0.5) is 0 Å². The highest BCUT2D eigenvalue weighted by Crippen LogP contribution is 2.23. The maximum Gasteiger partial charge on any atom is 0.163 e. The van der Waals surface area contributed by atoms with E-state index in [1.165, 1.54) is 0 Å². The van der Waals surface area contributed by atoms with E-state index in [1.54, 1.807) is 6.92 Å². The summed E-state index contributed by atoms with van der Waals surface area (Å²) in [6, 6.07) is 0. The van der Waals surface area contributed by atoms with Gasteiger partial charge in [0.05, 0.1) is 0 Å². The van der Waals surface area contributed by atoms with Crippen LogP contribution in [-0.4, -0.2) is 32.9 Å². The van der Waals surface area contributed by atoms with Gasteiger partial charge in [0.2, 0.25) is 0 Å². The van der Waals surface area contributed by atoms with Gasteiger partial charge < -0.3 is 9.69 Å². The number of ketones is 1. The summed E-state index contributed by atoms with van der Waals surface area (Å²) in [5.74, 6) is 0.736. The molecule has 4 nitrogen and oxygen atoms in total. The quantitative estimate of drug-likeness (QED) is 0.609. The van der Waals surface area contributed by atoms with Crippen LogP contribution in [0.2, 0.25) is 0 Å². The molecule has 90 valence electrons. The predicted molar refractivity (Wildman–Crippen MR) is 71.6 cm³/mol. The van der Waals surface area contributed by atoms with Gasteiger partial charge in [0.25, 0.3) is 0 Å². The molecule has 0 bridgehead atoms. The summed E-state index contributed by atoms with van der Waals surface area (Å²) >= 11 is 4.14. The number of nitrogens with zero attached hydrogens (tertiary/aromatic N) is 1. The van der Waals surface area contributed by atoms with Crippen LogP contribution in [0.25, 0.3) is 0 Å². The molecule has 0 aromatic rings. The van der Waals surface area contributed by atoms with Gasteiger partial charge in [-0.15, -0.1) is 0 Å². The molecular formula is C10H16BrN3OS. The fraction of sp³-hybridized carbons (Fsp3) is 0.700. The monoisotopic (exact) mass is 305 g/mol. The molecule has 6 heteroatoms. The van der Waals surface area contributed by atoms with Gasteiger partial charge in [-0.3, -0.25) is 10.8 Å². The van der Waals surface area contributed by atoms with Crippen LogP contribution in [-0.2, 0) is 4.79 Å². The molecule has 0 spiro atoms. The van der Waals surface area contributed by atoms with Gasteiger partial charge in [-0.1, -0.05) is 0 Å². The zero-order chi connectivity index (χ0) is 12.1. The second-order valence-corrected chi connectivity index (χ2v) is 6.33. The molecule has 1 heterocycles. The molecular weight excluding hydrogens is 290 g/mol. The molecule has 0 unspecified atom stereocenters. The first kappa shape index (κ1) is 13.7. The van der Waals surface area contributed by atoms with E-state index in [0.29, 0.717) is 17.5 Å². The fourth-order valence-electron chi connectivity index (χ4n) is 1.90. The number of Topliss-reactive ketones (excluding diaryl/α,β-unsaturated/α-hetero) is 1. The van der Waals surface area contributed by atoms with E-state index in [2.05, 4.69) is 15.9 Å². The molecule has 1 aliphatic heterocycles. The Morgan fingerprint density at radius 1 is 1.44 bits per heavy atom. The zero-order valence-corrected chi connectivity index (χ0v) is 11.7. The van der Waals surface area contributed by atoms with Crippen LogP contribution in [0.15, 0.2) is 0 Å². The lowest BCUT2D eigenvalue weighted by atomic mass is 9.92. The van der Waals surface area contributed by atoms with E-state index in [-0.39, 0.29) is 9.74 Å². The average Bonchev–Trinajstić information content (AvgIpc) is 2.16. The van der Waals surface area contributed by atoms with Crippen molar-refractivity contribution in [3.63, 3.8) is 0 Å². The lowest BCUT2D eigenvalue weighted by Crippen LogP contribution is -2.37. The third-order valence-corrected chi connectivity index (χ3v) is 3.78. The number of amidine groups is 1. The number of nitrogens with one attached hydrogen (secondary N) is 2. The van der Waals surface area contributed by atoms with Crippen molar-refractivity contribution in [1.82, 2.24) is 4.90 Å². The van der Waals surface area contributed by atoms with E-state index in [4.69, 9.17) is 10.8 Å². The molecule has 1 aliphatic rings. The van der Waals surface area contributed by atoms with E-state index < -0.39 is 0 Å². The van der Waals surface area contributed by atoms with E-state index in [9.17, 15) is 4.79 Å². The number of thioether (sulfide) groups is 1. The zero-order valence-electron chi connectivity index (χ0n) is 9.25. The summed E-state index contributed by atoms with van der Waals surface area (Å²) in [5, 5.41) is 15.4. The van der Waals surface area contributed by atoms with Crippen molar-refractivity contribution in [2.45, 2.75) is 26.2 Å². The summed E-state index contributed by atoms with van der Waals surface area (Å²) < 4.78 is 0.267. The van der Waals surface area contributed by atoms with Gasteiger partial charge in [-0.2, -0.15) is 0 Å². The number of halogens is 1. The van der Waals surface area contributed by atoms with E-state index in [0.717, 1.165) is 37.7 Å². The van der Waals surface area contributed by atoms with Gasteiger partial charge in [0.15, 0.2) is 5.17 Å². The highest BCUT2D eigenvalue weighted by atomic mass is 79.9. The van der Waals surface area contributed by atoms with Gasteiger partial charge >= 0.3 is 0 Å². The van der Waals surface area contributed by atoms with Crippen LogP contribution < -0.4 is 0 Å². The topological polar surface area (TPSA) is 68.0 Å². The molecule has 0 atom stereocenters. The third-order valence-electron chi connectivity index (χ3n) is 2.66. The first-order chi connectivity index (χ1) is 7.49. The Hall–Kier alpha value is -0.360. The fourth-order valence-corrected chi connectivity index (χ4v) is 2.84. The molecule has 0 aliphatic carbocycles. The van der Waals surface area contributed by atoms with Crippen molar-refractivity contribution in [2.75, 3.05) is 13.1 Å². The number of piperidine rings is 1. The van der Waals surface area contributed by atoms with Crippen LogP contribution in [0, 0.1) is 16.7 Å². The van der Waals surface area contributed by atoms with Gasteiger partial charge in [-0.05, 0) is 53.4 Å². The Morgan fingerprint density at radius 2 is 2.00 bits per heavy atom. The number of hydrogen-bond donors (Lipinski definition) is 2. The second-order valence-electron chi connectivity index (χ2n) is 4.02. The van der Waals surface area contributed by atoms with Crippen molar-refractivity contribution < 1.29 is 4.79 Å². The minimum atomic E-state index is 0.255. The molecule has 0 radical (unpaired) electrons. The van der Waals surface area contributed by atoms with Gasteiger partial charge in [-0.25, -0.2) is 0 Å². The summed E-state index contributed by atoms with van der Waals surface area (Å²) in [4.78, 5) is 12.9. The minimum Gasteiger partial charge on any atom is -0.351 e. The summed E-state index contributed by atoms with van der Waals surface area (Å²) in [6.07, 6.45) is 2.61. The largest absolute Gasteiger partial charge is 0.351 e. The van der Waals surface area contributed by atoms with E-state index in [1.807, 2.05) is 4.90 Å². The van der Waals surface area contributed by atoms with Crippen molar-refractivity contribution in [3.8, 4) is 0 Å². The highest BCUT2D eigenvalue weighted by Gasteiger charge is 2.22. The molecule has 0 aromatic heterocycles. The molecule has 0 aromatic carbocycles. The van der Waals surface area contributed by atoms with E-state index >= 15 is 0 Å². The lowest BCUT2D eigenvalue weighted by molar-refractivity contribution is -0.118. The average molecular weight is 306 g/mol. The van der Waals surface area contributed by atoms with Crippen LogP contribution in [0.5, 0.6) is 0 Å². The van der Waals surface area contributed by atoms with Gasteiger partial charge in [0, 0.05) is 19.5 Å². The van der Waals surface area contributed by atoms with Crippen LogP contribution in [0.3, 0.4) is 0 Å². The number of likely N-dealkylation sites (tertiary alicyclic amines) is 1. The predicted octanol–water partition coefficient (Wildman–Crippen LogP) is 2.68. The molecule has 16 heavy (non-hydrogen) atoms. The van der Waals surface area contributed by atoms with Crippen molar-refractivity contribution >= 4 is 42.6 Å². The van der Waals surface area contributed by atoms with Crippen LogP contribution in [0.1, 0.15) is 26.2 Å². The van der Waals surface area contributed by atoms with Crippen molar-refractivity contribution in [1.29, 1.82) is 10.8 Å². The molecule has 1 saturated heterocycles. The second kappa shape index (κ2) is 6.39.